The highest BCUT2D eigenvalue weighted by atomic mass is 32.2. The van der Waals surface area contributed by atoms with Crippen molar-refractivity contribution < 1.29 is 4.74 Å². The average molecular weight is 425 g/mol. The van der Waals surface area contributed by atoms with Crippen molar-refractivity contribution in [3.8, 4) is 0 Å². The Hall–Kier alpha value is -1.28. The fraction of sp³-hybridized carbons (Fsp3) is 0.857. The van der Waals surface area contributed by atoms with Gasteiger partial charge in [0.2, 0.25) is 0 Å². The molecule has 0 bridgehead atoms. The maximum Gasteiger partial charge on any atom is 0.191 e. The first-order valence-electron chi connectivity index (χ1n) is 11.2. The van der Waals surface area contributed by atoms with E-state index in [2.05, 4.69) is 50.5 Å². The van der Waals surface area contributed by atoms with E-state index in [1.54, 1.807) is 11.8 Å². The van der Waals surface area contributed by atoms with Gasteiger partial charge in [-0.15, -0.1) is 10.2 Å². The zero-order valence-corrected chi connectivity index (χ0v) is 19.6. The molecule has 0 aliphatic heterocycles. The third-order valence-corrected chi connectivity index (χ3v) is 5.83. The molecule has 2 rings (SSSR count). The molecule has 166 valence electrons. The molecular weight excluding hydrogens is 384 g/mol. The smallest absolute Gasteiger partial charge is 0.191 e. The second-order valence-electron chi connectivity index (χ2n) is 8.12. The number of rotatable bonds is 11. The zero-order chi connectivity index (χ0) is 20.9. The Labute approximate surface area is 180 Å². The van der Waals surface area contributed by atoms with Crippen LogP contribution < -0.4 is 10.6 Å². The zero-order valence-electron chi connectivity index (χ0n) is 18.7. The molecule has 0 spiro atoms. The summed E-state index contributed by atoms with van der Waals surface area (Å²) >= 11 is 1.66. The predicted octanol–water partition coefficient (Wildman–Crippen LogP) is 3.49. The number of hydrogen-bond acceptors (Lipinski definition) is 5. The number of aryl methyl sites for hydroxylation is 1. The van der Waals surface area contributed by atoms with Crippen LogP contribution in [0.4, 0.5) is 0 Å². The summed E-state index contributed by atoms with van der Waals surface area (Å²) in [5, 5.41) is 16.5. The average Bonchev–Trinajstić information content (AvgIpc) is 2.90. The van der Waals surface area contributed by atoms with Crippen molar-refractivity contribution in [2.45, 2.75) is 83.0 Å². The van der Waals surface area contributed by atoms with Gasteiger partial charge in [0.05, 0.1) is 12.7 Å². The van der Waals surface area contributed by atoms with E-state index in [1.165, 1.54) is 38.5 Å². The topological polar surface area (TPSA) is 76.4 Å². The van der Waals surface area contributed by atoms with Crippen LogP contribution in [0.3, 0.4) is 0 Å². The molecule has 1 saturated carbocycles. The second kappa shape index (κ2) is 13.9. The van der Waals surface area contributed by atoms with Gasteiger partial charge in [-0.3, -0.25) is 4.99 Å². The second-order valence-corrected chi connectivity index (χ2v) is 8.89. The summed E-state index contributed by atoms with van der Waals surface area (Å²) in [7, 11) is 1.81. The molecule has 29 heavy (non-hydrogen) atoms. The van der Waals surface area contributed by atoms with E-state index in [9.17, 15) is 0 Å². The minimum atomic E-state index is 0.448. The number of guanidine groups is 1. The van der Waals surface area contributed by atoms with Crippen molar-refractivity contribution in [1.29, 1.82) is 0 Å². The summed E-state index contributed by atoms with van der Waals surface area (Å²) in [6, 6.07) is 0. The minimum absolute atomic E-state index is 0.448. The van der Waals surface area contributed by atoms with E-state index >= 15 is 0 Å². The van der Waals surface area contributed by atoms with E-state index < -0.39 is 0 Å². The maximum absolute atomic E-state index is 6.03. The molecule has 1 heterocycles. The van der Waals surface area contributed by atoms with Gasteiger partial charge in [-0.05, 0) is 31.4 Å². The molecule has 1 fully saturated rings. The van der Waals surface area contributed by atoms with Crippen molar-refractivity contribution >= 4 is 17.7 Å². The van der Waals surface area contributed by atoms with E-state index in [-0.39, 0.29) is 0 Å². The van der Waals surface area contributed by atoms with Gasteiger partial charge in [-0.25, -0.2) is 0 Å². The van der Waals surface area contributed by atoms with Crippen LogP contribution >= 0.6 is 11.8 Å². The van der Waals surface area contributed by atoms with Crippen LogP contribution in [0.5, 0.6) is 0 Å². The Morgan fingerprint density at radius 3 is 2.55 bits per heavy atom. The normalized spacial score (nSPS) is 16.2. The molecule has 0 aromatic carbocycles. The quantitative estimate of drug-likeness (QED) is 0.186. The van der Waals surface area contributed by atoms with E-state index in [1.807, 2.05) is 7.05 Å². The van der Waals surface area contributed by atoms with Crippen molar-refractivity contribution in [2.24, 2.45) is 10.9 Å². The largest absolute Gasteiger partial charge is 0.376 e. The summed E-state index contributed by atoms with van der Waals surface area (Å²) in [5.74, 6) is 2.49. The van der Waals surface area contributed by atoms with Crippen LogP contribution in [-0.4, -0.2) is 59.8 Å². The van der Waals surface area contributed by atoms with Gasteiger partial charge in [0.1, 0.15) is 5.82 Å². The van der Waals surface area contributed by atoms with Crippen LogP contribution in [-0.2, 0) is 17.7 Å². The highest BCUT2D eigenvalue weighted by Gasteiger charge is 2.13. The molecular formula is C21H40N6OS. The molecule has 0 amide bonds. The van der Waals surface area contributed by atoms with Crippen molar-refractivity contribution in [3.05, 3.63) is 5.82 Å². The summed E-state index contributed by atoms with van der Waals surface area (Å²) in [4.78, 5) is 4.31. The summed E-state index contributed by atoms with van der Waals surface area (Å²) in [6.45, 7) is 7.80. The lowest BCUT2D eigenvalue weighted by Crippen LogP contribution is -2.39. The molecule has 7 nitrogen and oxygen atoms in total. The number of nitrogens with zero attached hydrogens (tertiary/aromatic N) is 4. The maximum atomic E-state index is 6.03. The Morgan fingerprint density at radius 1 is 1.17 bits per heavy atom. The van der Waals surface area contributed by atoms with Crippen LogP contribution in [0, 0.1) is 5.92 Å². The highest BCUT2D eigenvalue weighted by molar-refractivity contribution is 7.98. The van der Waals surface area contributed by atoms with Crippen molar-refractivity contribution in [1.82, 2.24) is 25.4 Å². The molecule has 8 heteroatoms. The standard InChI is InChI=1S/C21H40N6OS/c1-17(2)16-27-19(25-26-21(27)29-4)12-9-13-23-20(22-3)24-14-15-28-18-10-7-5-6-8-11-18/h17-18H,5-16H2,1-4H3,(H2,22,23,24). The number of hydrogen-bond donors (Lipinski definition) is 2. The van der Waals surface area contributed by atoms with Gasteiger partial charge >= 0.3 is 0 Å². The fourth-order valence-corrected chi connectivity index (χ4v) is 4.20. The van der Waals surface area contributed by atoms with Gasteiger partial charge < -0.3 is 19.9 Å². The Balaban J connectivity index is 1.64. The highest BCUT2D eigenvalue weighted by Crippen LogP contribution is 2.19. The summed E-state index contributed by atoms with van der Waals surface area (Å²) < 4.78 is 8.29. The number of thioether (sulfide) groups is 1. The van der Waals surface area contributed by atoms with Crippen LogP contribution in [0.1, 0.15) is 64.6 Å². The molecule has 0 unspecified atom stereocenters. The molecule has 1 aromatic heterocycles. The van der Waals surface area contributed by atoms with Gasteiger partial charge in [0.15, 0.2) is 11.1 Å². The van der Waals surface area contributed by atoms with Gasteiger partial charge in [0, 0.05) is 33.1 Å². The number of aromatic nitrogens is 3. The lowest BCUT2D eigenvalue weighted by atomic mass is 10.1. The van der Waals surface area contributed by atoms with Crippen molar-refractivity contribution in [2.75, 3.05) is 33.0 Å². The van der Waals surface area contributed by atoms with E-state index in [4.69, 9.17) is 4.74 Å². The number of aliphatic imine (C=N–C) groups is 1. The van der Waals surface area contributed by atoms with Gasteiger partial charge in [-0.2, -0.15) is 0 Å². The molecule has 2 N–H and O–H groups in total. The molecule has 0 saturated heterocycles. The van der Waals surface area contributed by atoms with Gasteiger partial charge in [-0.1, -0.05) is 51.3 Å². The molecule has 1 aliphatic carbocycles. The Morgan fingerprint density at radius 2 is 1.90 bits per heavy atom. The summed E-state index contributed by atoms with van der Waals surface area (Å²) in [6.07, 6.45) is 12.2. The third kappa shape index (κ3) is 8.95. The third-order valence-electron chi connectivity index (χ3n) is 5.17. The number of ether oxygens (including phenoxy) is 1. The lowest BCUT2D eigenvalue weighted by Gasteiger charge is -2.17. The van der Waals surface area contributed by atoms with Crippen LogP contribution in [0.25, 0.3) is 0 Å². The van der Waals surface area contributed by atoms with E-state index in [0.717, 1.165) is 56.0 Å². The lowest BCUT2D eigenvalue weighted by molar-refractivity contribution is 0.0468. The Kier molecular flexibility index (Phi) is 11.5. The molecule has 1 aromatic rings. The predicted molar refractivity (Wildman–Crippen MR) is 122 cm³/mol. The van der Waals surface area contributed by atoms with Crippen LogP contribution in [0.15, 0.2) is 10.1 Å². The van der Waals surface area contributed by atoms with E-state index in [0.29, 0.717) is 12.0 Å². The SMILES string of the molecule is CN=C(NCCCc1nnc(SC)n1CC(C)C)NCCOC1CCCCCC1. The van der Waals surface area contributed by atoms with Crippen LogP contribution in [0.2, 0.25) is 0 Å². The minimum Gasteiger partial charge on any atom is -0.376 e. The molecule has 0 radical (unpaired) electrons. The first kappa shape index (κ1) is 24.0. The first-order chi connectivity index (χ1) is 14.1. The summed E-state index contributed by atoms with van der Waals surface area (Å²) in [5.41, 5.74) is 0. The molecule has 1 aliphatic rings. The number of nitrogens with one attached hydrogen (secondary N) is 2. The fourth-order valence-electron chi connectivity index (χ4n) is 3.68. The monoisotopic (exact) mass is 424 g/mol. The first-order valence-corrected chi connectivity index (χ1v) is 12.4. The Bertz CT molecular complexity index is 596. The van der Waals surface area contributed by atoms with Crippen molar-refractivity contribution in [3.63, 3.8) is 0 Å². The van der Waals surface area contributed by atoms with Gasteiger partial charge in [0.25, 0.3) is 0 Å². The molecule has 0 atom stereocenters.